The first-order chi connectivity index (χ1) is 15.3. The van der Waals surface area contributed by atoms with Gasteiger partial charge in [0.05, 0.1) is 31.3 Å². The van der Waals surface area contributed by atoms with E-state index in [1.165, 1.54) is 25.1 Å². The second kappa shape index (κ2) is 10.1. The number of carbonyl (C=O) groups excluding carboxylic acids is 1. The van der Waals surface area contributed by atoms with Crippen molar-refractivity contribution >= 4 is 50.6 Å². The van der Waals surface area contributed by atoms with Crippen molar-refractivity contribution in [2.24, 2.45) is 5.10 Å². The number of fused-ring (bicyclic) bond motifs is 1. The van der Waals surface area contributed by atoms with Crippen LogP contribution in [0.25, 0.3) is 10.9 Å². The Morgan fingerprint density at radius 2 is 2.06 bits per heavy atom. The van der Waals surface area contributed by atoms with Crippen LogP contribution in [0.4, 0.5) is 0 Å². The minimum absolute atomic E-state index is 0.237. The lowest BCUT2D eigenvalue weighted by molar-refractivity contribution is -0.147. The topological polar surface area (TPSA) is 92.0 Å². The molecule has 0 saturated carbocycles. The smallest absolute Gasteiger partial charge is 0.346 e. The number of carbonyl (C=O) groups is 1. The number of hydrogen-bond donors (Lipinski definition) is 0. The molecule has 168 valence electrons. The van der Waals surface area contributed by atoms with Gasteiger partial charge in [0.15, 0.2) is 17.6 Å². The first-order valence-electron chi connectivity index (χ1n) is 9.66. The van der Waals surface area contributed by atoms with E-state index in [9.17, 15) is 9.59 Å². The van der Waals surface area contributed by atoms with E-state index < -0.39 is 12.1 Å². The highest BCUT2D eigenvalue weighted by molar-refractivity contribution is 9.10. The average Bonchev–Trinajstić information content (AvgIpc) is 2.79. The van der Waals surface area contributed by atoms with Crippen molar-refractivity contribution in [2.45, 2.75) is 26.4 Å². The molecule has 0 radical (unpaired) electrons. The second-order valence-electron chi connectivity index (χ2n) is 6.71. The van der Waals surface area contributed by atoms with E-state index in [4.69, 9.17) is 25.8 Å². The zero-order valence-electron chi connectivity index (χ0n) is 17.9. The van der Waals surface area contributed by atoms with Crippen LogP contribution in [0.15, 0.2) is 44.7 Å². The molecule has 32 heavy (non-hydrogen) atoms. The van der Waals surface area contributed by atoms with Crippen molar-refractivity contribution < 1.29 is 19.0 Å². The summed E-state index contributed by atoms with van der Waals surface area (Å²) in [6, 6.07) is 8.44. The molecule has 0 fully saturated rings. The van der Waals surface area contributed by atoms with Gasteiger partial charge in [0.2, 0.25) is 0 Å². The largest absolute Gasteiger partial charge is 0.493 e. The van der Waals surface area contributed by atoms with E-state index in [0.29, 0.717) is 39.5 Å². The fourth-order valence-electron chi connectivity index (χ4n) is 3.02. The number of aromatic nitrogens is 2. The number of nitrogens with zero attached hydrogens (tertiary/aromatic N) is 3. The summed E-state index contributed by atoms with van der Waals surface area (Å²) in [7, 11) is 2.72. The van der Waals surface area contributed by atoms with Crippen LogP contribution in [0.2, 0.25) is 5.02 Å². The van der Waals surface area contributed by atoms with Crippen LogP contribution in [0.5, 0.6) is 11.5 Å². The van der Waals surface area contributed by atoms with Crippen molar-refractivity contribution in [1.82, 2.24) is 9.66 Å². The third-order valence-electron chi connectivity index (χ3n) is 4.60. The molecule has 1 atom stereocenters. The van der Waals surface area contributed by atoms with Gasteiger partial charge in [0.25, 0.3) is 5.56 Å². The summed E-state index contributed by atoms with van der Waals surface area (Å²) in [4.78, 5) is 29.5. The normalized spacial score (nSPS) is 12.2. The Kier molecular flexibility index (Phi) is 7.52. The third-order valence-corrected chi connectivity index (χ3v) is 5.31. The van der Waals surface area contributed by atoms with Crippen LogP contribution < -0.4 is 15.0 Å². The lowest BCUT2D eigenvalue weighted by Crippen LogP contribution is -2.25. The van der Waals surface area contributed by atoms with E-state index in [0.717, 1.165) is 4.47 Å². The van der Waals surface area contributed by atoms with Gasteiger partial charge in [0, 0.05) is 27.5 Å². The van der Waals surface area contributed by atoms with Gasteiger partial charge in [0.1, 0.15) is 5.82 Å². The van der Waals surface area contributed by atoms with Crippen LogP contribution in [-0.4, -0.2) is 42.2 Å². The molecule has 0 aliphatic rings. The first kappa shape index (κ1) is 23.7. The Morgan fingerprint density at radius 3 is 2.72 bits per heavy atom. The number of halogens is 2. The van der Waals surface area contributed by atoms with Crippen LogP contribution >= 0.6 is 27.5 Å². The molecule has 10 heteroatoms. The summed E-state index contributed by atoms with van der Waals surface area (Å²) in [5, 5.41) is 5.16. The molecule has 0 N–H and O–H groups in total. The third kappa shape index (κ3) is 4.94. The first-order valence-corrected chi connectivity index (χ1v) is 10.8. The maximum atomic E-state index is 13.1. The Bertz CT molecular complexity index is 1260. The molecule has 1 heterocycles. The SMILES string of the molecule is CCc1nc2ccc(Br)cc2c(=O)n1N=Cc1cc(Cl)cc(OC)c1O[C@H](C)C(=O)OC. The molecule has 0 bridgehead atoms. The predicted molar refractivity (Wildman–Crippen MR) is 126 cm³/mol. The Labute approximate surface area is 197 Å². The summed E-state index contributed by atoms with van der Waals surface area (Å²) in [6.07, 6.45) is 0.996. The van der Waals surface area contributed by atoms with Gasteiger partial charge in [-0.3, -0.25) is 4.79 Å². The number of aryl methyl sites for hydroxylation is 1. The van der Waals surface area contributed by atoms with Gasteiger partial charge in [-0.05, 0) is 31.2 Å². The quantitative estimate of drug-likeness (QED) is 0.341. The summed E-state index contributed by atoms with van der Waals surface area (Å²) in [5.74, 6) is 0.471. The van der Waals surface area contributed by atoms with Gasteiger partial charge in [-0.15, -0.1) is 0 Å². The second-order valence-corrected chi connectivity index (χ2v) is 8.07. The molecule has 0 unspecified atom stereocenters. The lowest BCUT2D eigenvalue weighted by Gasteiger charge is -2.17. The van der Waals surface area contributed by atoms with Crippen molar-refractivity contribution in [1.29, 1.82) is 0 Å². The molecular formula is C22H21BrClN3O5. The van der Waals surface area contributed by atoms with Crippen LogP contribution in [0, 0.1) is 0 Å². The van der Waals surface area contributed by atoms with Crippen molar-refractivity contribution in [3.05, 3.63) is 61.6 Å². The van der Waals surface area contributed by atoms with Crippen LogP contribution in [-0.2, 0) is 16.0 Å². The zero-order valence-corrected chi connectivity index (χ0v) is 20.2. The van der Waals surface area contributed by atoms with E-state index in [1.54, 1.807) is 31.2 Å². The van der Waals surface area contributed by atoms with Crippen molar-refractivity contribution in [3.63, 3.8) is 0 Å². The molecule has 0 spiro atoms. The highest BCUT2D eigenvalue weighted by Crippen LogP contribution is 2.34. The summed E-state index contributed by atoms with van der Waals surface area (Å²) in [6.45, 7) is 3.43. The van der Waals surface area contributed by atoms with Crippen LogP contribution in [0.3, 0.4) is 0 Å². The average molecular weight is 523 g/mol. The zero-order chi connectivity index (χ0) is 23.4. The molecule has 0 aliphatic carbocycles. The molecule has 2 aromatic carbocycles. The molecule has 0 aliphatic heterocycles. The maximum absolute atomic E-state index is 13.1. The van der Waals surface area contributed by atoms with Gasteiger partial charge in [-0.25, -0.2) is 9.78 Å². The standard InChI is InChI=1S/C22H21BrClN3O5/c1-5-19-26-17-7-6-14(23)9-16(17)21(28)27(19)25-11-13-8-15(24)10-18(30-3)20(13)32-12(2)22(29)31-4/h6-12H,5H2,1-4H3/t12-/m1/s1. The number of ether oxygens (including phenoxy) is 3. The van der Waals surface area contributed by atoms with Crippen molar-refractivity contribution in [2.75, 3.05) is 14.2 Å². The van der Waals surface area contributed by atoms with E-state index in [-0.39, 0.29) is 11.3 Å². The summed E-state index contributed by atoms with van der Waals surface area (Å²) >= 11 is 9.60. The highest BCUT2D eigenvalue weighted by atomic mass is 79.9. The van der Waals surface area contributed by atoms with Gasteiger partial charge >= 0.3 is 5.97 Å². The molecule has 0 amide bonds. The molecule has 8 nitrogen and oxygen atoms in total. The van der Waals surface area contributed by atoms with Gasteiger partial charge in [-0.1, -0.05) is 34.5 Å². The Balaban J connectivity index is 2.14. The van der Waals surface area contributed by atoms with Crippen LogP contribution in [0.1, 0.15) is 25.2 Å². The molecule has 3 rings (SSSR count). The molecular weight excluding hydrogens is 502 g/mol. The fourth-order valence-corrected chi connectivity index (χ4v) is 3.59. The molecule has 1 aromatic heterocycles. The van der Waals surface area contributed by atoms with Crippen molar-refractivity contribution in [3.8, 4) is 11.5 Å². The minimum Gasteiger partial charge on any atom is -0.493 e. The molecule has 3 aromatic rings. The highest BCUT2D eigenvalue weighted by Gasteiger charge is 2.20. The fraction of sp³-hybridized carbons (Fsp3) is 0.273. The monoisotopic (exact) mass is 521 g/mol. The van der Waals surface area contributed by atoms with Gasteiger partial charge < -0.3 is 14.2 Å². The Morgan fingerprint density at radius 1 is 1.31 bits per heavy atom. The van der Waals surface area contributed by atoms with E-state index in [1.807, 2.05) is 13.0 Å². The number of esters is 1. The van der Waals surface area contributed by atoms with E-state index in [2.05, 4.69) is 26.0 Å². The summed E-state index contributed by atoms with van der Waals surface area (Å²) < 4.78 is 17.9. The predicted octanol–water partition coefficient (Wildman–Crippen LogP) is 4.21. The lowest BCUT2D eigenvalue weighted by atomic mass is 10.2. The number of hydrogen-bond acceptors (Lipinski definition) is 7. The Hall–Kier alpha value is -2.91. The van der Waals surface area contributed by atoms with E-state index >= 15 is 0 Å². The maximum Gasteiger partial charge on any atom is 0.346 e. The number of rotatable bonds is 7. The van der Waals surface area contributed by atoms with Gasteiger partial charge in [-0.2, -0.15) is 9.78 Å². The number of benzene rings is 2. The minimum atomic E-state index is -0.907. The molecule has 0 saturated heterocycles. The summed E-state index contributed by atoms with van der Waals surface area (Å²) in [5.41, 5.74) is 0.680. The number of methoxy groups -OCH3 is 2.